The first-order chi connectivity index (χ1) is 13.4. The van der Waals surface area contributed by atoms with Crippen molar-refractivity contribution in [3.05, 3.63) is 29.3 Å². The van der Waals surface area contributed by atoms with E-state index in [4.69, 9.17) is 4.74 Å². The molecule has 0 aliphatic heterocycles. The fourth-order valence-corrected chi connectivity index (χ4v) is 5.93. The van der Waals surface area contributed by atoms with Gasteiger partial charge in [0.05, 0.1) is 19.2 Å². The molecule has 4 bridgehead atoms. The molecule has 0 saturated heterocycles. The lowest BCUT2D eigenvalue weighted by Crippen LogP contribution is -2.54. The molecule has 0 radical (unpaired) electrons. The van der Waals surface area contributed by atoms with Crippen molar-refractivity contribution in [2.24, 2.45) is 23.2 Å². The van der Waals surface area contributed by atoms with E-state index in [1.54, 1.807) is 18.2 Å². The van der Waals surface area contributed by atoms with Crippen molar-refractivity contribution >= 4 is 23.5 Å². The highest BCUT2D eigenvalue weighted by Crippen LogP contribution is 2.60. The van der Waals surface area contributed by atoms with E-state index in [1.165, 1.54) is 26.4 Å². The Labute approximate surface area is 165 Å². The Morgan fingerprint density at radius 2 is 1.68 bits per heavy atom. The SMILES string of the molecule is COC(=O)c1ccc(C)c(NC(=O)CNC(=O)C23CC4CC(CC(C4)C2)C3)c1. The van der Waals surface area contributed by atoms with E-state index in [-0.39, 0.29) is 23.8 Å². The van der Waals surface area contributed by atoms with Gasteiger partial charge >= 0.3 is 5.97 Å². The molecule has 0 aromatic heterocycles. The molecule has 6 nitrogen and oxygen atoms in total. The number of anilines is 1. The molecule has 150 valence electrons. The molecular formula is C22H28N2O4. The van der Waals surface area contributed by atoms with Crippen molar-refractivity contribution < 1.29 is 19.1 Å². The van der Waals surface area contributed by atoms with Gasteiger partial charge < -0.3 is 15.4 Å². The summed E-state index contributed by atoms with van der Waals surface area (Å²) in [6, 6.07) is 5.02. The third-order valence-corrected chi connectivity index (χ3v) is 6.86. The molecular weight excluding hydrogens is 356 g/mol. The largest absolute Gasteiger partial charge is 0.465 e. The van der Waals surface area contributed by atoms with Gasteiger partial charge in [0.15, 0.2) is 0 Å². The Kier molecular flexibility index (Phi) is 4.89. The minimum absolute atomic E-state index is 0.0433. The average Bonchev–Trinajstić information content (AvgIpc) is 2.66. The number of hydrogen-bond donors (Lipinski definition) is 2. The zero-order chi connectivity index (χ0) is 19.9. The summed E-state index contributed by atoms with van der Waals surface area (Å²) in [5.41, 5.74) is 1.52. The van der Waals surface area contributed by atoms with E-state index in [1.807, 2.05) is 6.92 Å². The fraction of sp³-hybridized carbons (Fsp3) is 0.591. The summed E-state index contributed by atoms with van der Waals surface area (Å²) in [4.78, 5) is 37.0. The molecule has 5 rings (SSSR count). The van der Waals surface area contributed by atoms with Crippen LogP contribution in [0.4, 0.5) is 5.69 Å². The van der Waals surface area contributed by atoms with Crippen LogP contribution in [0.3, 0.4) is 0 Å². The van der Waals surface area contributed by atoms with Crippen LogP contribution in [0.15, 0.2) is 18.2 Å². The number of carbonyl (C=O) groups excluding carboxylic acids is 3. The van der Waals surface area contributed by atoms with Crippen LogP contribution < -0.4 is 10.6 Å². The maximum atomic E-state index is 13.0. The van der Waals surface area contributed by atoms with Crippen LogP contribution in [0, 0.1) is 30.1 Å². The molecule has 2 N–H and O–H groups in total. The number of amides is 2. The van der Waals surface area contributed by atoms with Gasteiger partial charge in [0.1, 0.15) is 0 Å². The minimum atomic E-state index is -0.453. The van der Waals surface area contributed by atoms with E-state index >= 15 is 0 Å². The molecule has 2 amide bonds. The normalized spacial score (nSPS) is 30.0. The van der Waals surface area contributed by atoms with Crippen LogP contribution in [0.25, 0.3) is 0 Å². The quantitative estimate of drug-likeness (QED) is 0.764. The Bertz CT molecular complexity index is 781. The van der Waals surface area contributed by atoms with Crippen LogP contribution in [0.2, 0.25) is 0 Å². The standard InChI is InChI=1S/C22H28N2O4/c1-13-3-4-17(20(26)28-2)8-18(13)24-19(25)12-23-21(27)22-9-14-5-15(10-22)7-16(6-14)11-22/h3-4,8,14-16H,5-7,9-12H2,1-2H3,(H,23,27)(H,24,25). The number of methoxy groups -OCH3 is 1. The second-order valence-electron chi connectivity index (χ2n) is 8.95. The van der Waals surface area contributed by atoms with Gasteiger partial charge in [0.25, 0.3) is 0 Å². The first-order valence-corrected chi connectivity index (χ1v) is 10.2. The number of esters is 1. The maximum Gasteiger partial charge on any atom is 0.337 e. The first kappa shape index (κ1) is 19.0. The van der Waals surface area contributed by atoms with Crippen molar-refractivity contribution in [1.29, 1.82) is 0 Å². The summed E-state index contributed by atoms with van der Waals surface area (Å²) < 4.78 is 4.72. The molecule has 0 unspecified atom stereocenters. The molecule has 0 atom stereocenters. The predicted octanol–water partition coefficient (Wildman–Crippen LogP) is 3.05. The third kappa shape index (κ3) is 3.52. The smallest absolute Gasteiger partial charge is 0.337 e. The highest BCUT2D eigenvalue weighted by atomic mass is 16.5. The number of benzene rings is 1. The van der Waals surface area contributed by atoms with E-state index in [0.29, 0.717) is 29.0 Å². The van der Waals surface area contributed by atoms with Crippen molar-refractivity contribution in [3.8, 4) is 0 Å². The number of carbonyl (C=O) groups is 3. The fourth-order valence-electron chi connectivity index (χ4n) is 5.93. The highest BCUT2D eigenvalue weighted by Gasteiger charge is 2.54. The first-order valence-electron chi connectivity index (χ1n) is 10.2. The monoisotopic (exact) mass is 384 g/mol. The maximum absolute atomic E-state index is 13.0. The van der Waals surface area contributed by atoms with Gasteiger partial charge in [-0.1, -0.05) is 6.07 Å². The lowest BCUT2D eigenvalue weighted by molar-refractivity contribution is -0.146. The van der Waals surface area contributed by atoms with Gasteiger partial charge in [-0.25, -0.2) is 4.79 Å². The zero-order valence-corrected chi connectivity index (χ0v) is 16.5. The highest BCUT2D eigenvalue weighted by molar-refractivity contribution is 5.97. The number of ether oxygens (including phenoxy) is 1. The number of nitrogens with one attached hydrogen (secondary N) is 2. The van der Waals surface area contributed by atoms with Crippen LogP contribution in [-0.4, -0.2) is 31.4 Å². The van der Waals surface area contributed by atoms with Gasteiger partial charge in [0, 0.05) is 11.1 Å². The second-order valence-corrected chi connectivity index (χ2v) is 8.95. The van der Waals surface area contributed by atoms with E-state index < -0.39 is 5.97 Å². The predicted molar refractivity (Wildman–Crippen MR) is 105 cm³/mol. The lowest BCUT2D eigenvalue weighted by atomic mass is 9.49. The Hall–Kier alpha value is -2.37. The Morgan fingerprint density at radius 1 is 1.07 bits per heavy atom. The molecule has 4 fully saturated rings. The topological polar surface area (TPSA) is 84.5 Å². The third-order valence-electron chi connectivity index (χ3n) is 6.86. The number of aryl methyl sites for hydroxylation is 1. The van der Waals surface area contributed by atoms with Crippen molar-refractivity contribution in [2.75, 3.05) is 19.0 Å². The summed E-state index contributed by atoms with van der Waals surface area (Å²) in [5, 5.41) is 5.68. The van der Waals surface area contributed by atoms with E-state index in [0.717, 1.165) is 24.8 Å². The average molecular weight is 384 g/mol. The van der Waals surface area contributed by atoms with Crippen LogP contribution >= 0.6 is 0 Å². The van der Waals surface area contributed by atoms with Crippen LogP contribution in [0.1, 0.15) is 54.4 Å². The molecule has 0 spiro atoms. The minimum Gasteiger partial charge on any atom is -0.465 e. The van der Waals surface area contributed by atoms with Gasteiger partial charge in [0.2, 0.25) is 11.8 Å². The second kappa shape index (κ2) is 7.22. The van der Waals surface area contributed by atoms with Crippen molar-refractivity contribution in [2.45, 2.75) is 45.4 Å². The van der Waals surface area contributed by atoms with E-state index in [9.17, 15) is 14.4 Å². The summed E-state index contributed by atoms with van der Waals surface area (Å²) in [6.45, 7) is 1.80. The van der Waals surface area contributed by atoms with E-state index in [2.05, 4.69) is 10.6 Å². The molecule has 4 aliphatic carbocycles. The Morgan fingerprint density at radius 3 is 2.25 bits per heavy atom. The van der Waals surface area contributed by atoms with Gasteiger partial charge in [-0.05, 0) is 80.9 Å². The molecule has 28 heavy (non-hydrogen) atoms. The summed E-state index contributed by atoms with van der Waals surface area (Å²) in [5.74, 6) is 1.37. The van der Waals surface area contributed by atoms with Crippen LogP contribution in [-0.2, 0) is 14.3 Å². The zero-order valence-electron chi connectivity index (χ0n) is 16.5. The van der Waals surface area contributed by atoms with Crippen LogP contribution in [0.5, 0.6) is 0 Å². The Balaban J connectivity index is 1.36. The van der Waals surface area contributed by atoms with Gasteiger partial charge in [-0.3, -0.25) is 9.59 Å². The molecule has 1 aromatic rings. The van der Waals surface area contributed by atoms with Gasteiger partial charge in [-0.15, -0.1) is 0 Å². The number of rotatable bonds is 5. The molecule has 0 heterocycles. The molecule has 6 heteroatoms. The number of hydrogen-bond acceptors (Lipinski definition) is 4. The lowest BCUT2D eigenvalue weighted by Gasteiger charge is -2.55. The van der Waals surface area contributed by atoms with Gasteiger partial charge in [-0.2, -0.15) is 0 Å². The molecule has 1 aromatic carbocycles. The molecule has 4 saturated carbocycles. The molecule has 4 aliphatic rings. The van der Waals surface area contributed by atoms with Crippen molar-refractivity contribution in [3.63, 3.8) is 0 Å². The summed E-state index contributed by atoms with van der Waals surface area (Å²) >= 11 is 0. The van der Waals surface area contributed by atoms with Crippen molar-refractivity contribution in [1.82, 2.24) is 5.32 Å². The summed E-state index contributed by atoms with van der Waals surface area (Å²) in [7, 11) is 1.32. The summed E-state index contributed by atoms with van der Waals surface area (Å²) in [6.07, 6.45) is 6.78.